The van der Waals surface area contributed by atoms with Crippen LogP contribution in [0.2, 0.25) is 0 Å². The number of aromatic nitrogens is 3. The molecule has 1 rings (SSSR count). The molecule has 1 aromatic heterocycles. The largest absolute Gasteiger partial charge is 0.324 e. The van der Waals surface area contributed by atoms with Crippen molar-refractivity contribution in [1.82, 2.24) is 14.8 Å². The van der Waals surface area contributed by atoms with E-state index in [1.165, 1.54) is 0 Å². The second-order valence-electron chi connectivity index (χ2n) is 1.99. The standard InChI is InChI=1S/C7H10N4/c1-2-3-4-11-6-9-7(5-8)10-11/h6H,4-5,8H2,1H3. The van der Waals surface area contributed by atoms with Crippen LogP contribution in [0, 0.1) is 11.8 Å². The highest BCUT2D eigenvalue weighted by molar-refractivity contribution is 4.95. The van der Waals surface area contributed by atoms with Crippen molar-refractivity contribution >= 4 is 0 Å². The average molecular weight is 150 g/mol. The Morgan fingerprint density at radius 3 is 3.09 bits per heavy atom. The average Bonchev–Trinajstić information content (AvgIpc) is 2.48. The van der Waals surface area contributed by atoms with E-state index in [9.17, 15) is 0 Å². The van der Waals surface area contributed by atoms with E-state index in [0.717, 1.165) is 0 Å². The Bertz CT molecular complexity index is 278. The molecule has 58 valence electrons. The van der Waals surface area contributed by atoms with Crippen LogP contribution in [0.3, 0.4) is 0 Å². The van der Waals surface area contributed by atoms with Crippen molar-refractivity contribution in [2.24, 2.45) is 5.73 Å². The van der Waals surface area contributed by atoms with Crippen LogP contribution in [0.5, 0.6) is 0 Å². The van der Waals surface area contributed by atoms with E-state index in [1.807, 2.05) is 0 Å². The third-order valence-corrected chi connectivity index (χ3v) is 1.18. The molecule has 2 N–H and O–H groups in total. The summed E-state index contributed by atoms with van der Waals surface area (Å²) in [6, 6.07) is 0. The topological polar surface area (TPSA) is 56.7 Å². The van der Waals surface area contributed by atoms with Gasteiger partial charge in [0.25, 0.3) is 0 Å². The second kappa shape index (κ2) is 3.74. The predicted octanol–water partition coefficient (Wildman–Crippen LogP) is -0.240. The molecule has 0 radical (unpaired) electrons. The number of hydrogen-bond donors (Lipinski definition) is 1. The summed E-state index contributed by atoms with van der Waals surface area (Å²) in [6.45, 7) is 2.76. The molecule has 0 amide bonds. The van der Waals surface area contributed by atoms with Gasteiger partial charge in [-0.15, -0.1) is 5.92 Å². The minimum atomic E-state index is 0.382. The van der Waals surface area contributed by atoms with Gasteiger partial charge in [0, 0.05) is 0 Å². The van der Waals surface area contributed by atoms with Crippen molar-refractivity contribution in [2.75, 3.05) is 0 Å². The fourth-order valence-electron chi connectivity index (χ4n) is 0.663. The molecule has 0 saturated carbocycles. The Morgan fingerprint density at radius 2 is 2.55 bits per heavy atom. The van der Waals surface area contributed by atoms with E-state index in [1.54, 1.807) is 17.9 Å². The molecule has 4 heteroatoms. The summed E-state index contributed by atoms with van der Waals surface area (Å²) in [5.74, 6) is 6.30. The van der Waals surface area contributed by atoms with Crippen LogP contribution >= 0.6 is 0 Å². The van der Waals surface area contributed by atoms with Gasteiger partial charge < -0.3 is 5.73 Å². The smallest absolute Gasteiger partial charge is 0.164 e. The van der Waals surface area contributed by atoms with Crippen molar-refractivity contribution in [3.63, 3.8) is 0 Å². The second-order valence-corrected chi connectivity index (χ2v) is 1.99. The molecule has 0 unspecified atom stereocenters. The quantitative estimate of drug-likeness (QED) is 0.592. The molecule has 0 bridgehead atoms. The van der Waals surface area contributed by atoms with Crippen molar-refractivity contribution in [2.45, 2.75) is 20.0 Å². The molecule has 4 nitrogen and oxygen atoms in total. The van der Waals surface area contributed by atoms with E-state index < -0.39 is 0 Å². The number of nitrogens with two attached hydrogens (primary N) is 1. The molecular formula is C7H10N4. The van der Waals surface area contributed by atoms with Gasteiger partial charge in [-0.05, 0) is 6.92 Å². The number of nitrogens with zero attached hydrogens (tertiary/aromatic N) is 3. The molecule has 0 aliphatic carbocycles. The van der Waals surface area contributed by atoms with Crippen molar-refractivity contribution in [1.29, 1.82) is 0 Å². The van der Waals surface area contributed by atoms with Crippen molar-refractivity contribution in [3.05, 3.63) is 12.2 Å². The first kappa shape index (κ1) is 7.76. The van der Waals surface area contributed by atoms with Crippen LogP contribution in [-0.4, -0.2) is 14.8 Å². The van der Waals surface area contributed by atoms with Crippen LogP contribution in [0.25, 0.3) is 0 Å². The third-order valence-electron chi connectivity index (χ3n) is 1.18. The first-order valence-corrected chi connectivity index (χ1v) is 3.35. The first-order chi connectivity index (χ1) is 5.36. The highest BCUT2D eigenvalue weighted by atomic mass is 15.3. The van der Waals surface area contributed by atoms with E-state index in [2.05, 4.69) is 21.9 Å². The summed E-state index contributed by atoms with van der Waals surface area (Å²) in [6.07, 6.45) is 1.63. The Morgan fingerprint density at radius 1 is 1.73 bits per heavy atom. The minimum absolute atomic E-state index is 0.382. The molecule has 1 heterocycles. The van der Waals surface area contributed by atoms with Gasteiger partial charge >= 0.3 is 0 Å². The maximum absolute atomic E-state index is 5.32. The van der Waals surface area contributed by atoms with Gasteiger partial charge in [-0.2, -0.15) is 5.10 Å². The summed E-state index contributed by atoms with van der Waals surface area (Å²) in [7, 11) is 0. The van der Waals surface area contributed by atoms with Crippen molar-refractivity contribution < 1.29 is 0 Å². The SMILES string of the molecule is CC#CCn1cnc(CN)n1. The Kier molecular flexibility index (Phi) is 2.64. The highest BCUT2D eigenvalue weighted by Gasteiger charge is 1.94. The monoisotopic (exact) mass is 150 g/mol. The molecule has 11 heavy (non-hydrogen) atoms. The van der Waals surface area contributed by atoms with Gasteiger partial charge in [0.15, 0.2) is 5.82 Å². The maximum Gasteiger partial charge on any atom is 0.164 e. The summed E-state index contributed by atoms with van der Waals surface area (Å²) in [5.41, 5.74) is 5.32. The summed E-state index contributed by atoms with van der Waals surface area (Å²) < 4.78 is 1.67. The van der Waals surface area contributed by atoms with Crippen LogP contribution in [0.1, 0.15) is 12.7 Å². The lowest BCUT2D eigenvalue weighted by Gasteiger charge is -1.88. The van der Waals surface area contributed by atoms with Gasteiger partial charge in [0.05, 0.1) is 6.54 Å². The molecule has 0 spiro atoms. The minimum Gasteiger partial charge on any atom is -0.324 e. The summed E-state index contributed by atoms with van der Waals surface area (Å²) >= 11 is 0. The fourth-order valence-corrected chi connectivity index (χ4v) is 0.663. The predicted molar refractivity (Wildman–Crippen MR) is 41.4 cm³/mol. The van der Waals surface area contributed by atoms with Gasteiger partial charge in [0.1, 0.15) is 12.9 Å². The third kappa shape index (κ3) is 2.06. The van der Waals surface area contributed by atoms with Crippen molar-refractivity contribution in [3.8, 4) is 11.8 Å². The van der Waals surface area contributed by atoms with E-state index in [0.29, 0.717) is 18.9 Å². The summed E-state index contributed by atoms with van der Waals surface area (Å²) in [4.78, 5) is 3.95. The lowest BCUT2D eigenvalue weighted by atomic mass is 10.6. The molecule has 0 aliphatic heterocycles. The Balaban J connectivity index is 2.62. The lowest BCUT2D eigenvalue weighted by molar-refractivity contribution is 0.697. The van der Waals surface area contributed by atoms with Crippen LogP contribution in [0.15, 0.2) is 6.33 Å². The number of hydrogen-bond acceptors (Lipinski definition) is 3. The van der Waals surface area contributed by atoms with Crippen LogP contribution in [0.4, 0.5) is 0 Å². The van der Waals surface area contributed by atoms with E-state index >= 15 is 0 Å². The van der Waals surface area contributed by atoms with Crippen LogP contribution in [-0.2, 0) is 13.1 Å². The van der Waals surface area contributed by atoms with Gasteiger partial charge in [-0.3, -0.25) is 0 Å². The van der Waals surface area contributed by atoms with Gasteiger partial charge in [0.2, 0.25) is 0 Å². The Labute approximate surface area is 65.4 Å². The van der Waals surface area contributed by atoms with Gasteiger partial charge in [-0.1, -0.05) is 5.92 Å². The molecule has 0 aliphatic rings. The van der Waals surface area contributed by atoms with Gasteiger partial charge in [-0.25, -0.2) is 9.67 Å². The van der Waals surface area contributed by atoms with E-state index in [4.69, 9.17) is 5.73 Å². The zero-order valence-corrected chi connectivity index (χ0v) is 6.41. The molecular weight excluding hydrogens is 140 g/mol. The normalized spacial score (nSPS) is 8.91. The summed E-state index contributed by atoms with van der Waals surface area (Å²) in [5, 5.41) is 4.04. The molecule has 0 saturated heterocycles. The van der Waals surface area contributed by atoms with Crippen LogP contribution < -0.4 is 5.73 Å². The zero-order chi connectivity index (χ0) is 8.10. The fraction of sp³-hybridized carbons (Fsp3) is 0.429. The maximum atomic E-state index is 5.32. The van der Waals surface area contributed by atoms with E-state index in [-0.39, 0.29) is 0 Å². The molecule has 1 aromatic rings. The molecule has 0 atom stereocenters. The number of rotatable bonds is 2. The Hall–Kier alpha value is -1.34. The molecule has 0 fully saturated rings. The lowest BCUT2D eigenvalue weighted by Crippen LogP contribution is -2.01. The highest BCUT2D eigenvalue weighted by Crippen LogP contribution is 1.86. The molecule has 0 aromatic carbocycles. The zero-order valence-electron chi connectivity index (χ0n) is 6.41. The first-order valence-electron chi connectivity index (χ1n) is 3.35.